The lowest BCUT2D eigenvalue weighted by Crippen LogP contribution is -2.13. The molecule has 0 fully saturated rings. The molecule has 68 valence electrons. The summed E-state index contributed by atoms with van der Waals surface area (Å²) in [6.45, 7) is 3.74. The average Bonchev–Trinajstić information content (AvgIpc) is 2.03. The van der Waals surface area contributed by atoms with Crippen LogP contribution in [0.25, 0.3) is 0 Å². The molecule has 1 rings (SSSR count). The van der Waals surface area contributed by atoms with Gasteiger partial charge in [0.2, 0.25) is 0 Å². The van der Waals surface area contributed by atoms with Crippen LogP contribution < -0.4 is 0 Å². The summed E-state index contributed by atoms with van der Waals surface area (Å²) in [4.78, 5) is 0. The summed E-state index contributed by atoms with van der Waals surface area (Å²) in [6.07, 6.45) is 5.35. The summed E-state index contributed by atoms with van der Waals surface area (Å²) < 4.78 is 0. The van der Waals surface area contributed by atoms with E-state index in [-0.39, 0.29) is 5.75 Å². The normalized spacial score (nSPS) is 10.9. The van der Waals surface area contributed by atoms with Crippen molar-refractivity contribution in [1.29, 1.82) is 0 Å². The summed E-state index contributed by atoms with van der Waals surface area (Å²) >= 11 is 5.70. The summed E-state index contributed by atoms with van der Waals surface area (Å²) in [5.41, 5.74) is 0.258. The predicted octanol–water partition coefficient (Wildman–Crippen LogP) is 2.96. The maximum atomic E-state index is 9.58. The first-order valence-corrected chi connectivity index (χ1v) is 4.32. The number of phenols is 1. The topological polar surface area (TPSA) is 20.2 Å². The van der Waals surface area contributed by atoms with E-state index < -0.39 is 5.41 Å². The number of benzene rings is 1. The number of phenolic OH excluding ortho intramolecular Hbond substituents is 1. The van der Waals surface area contributed by atoms with Crippen LogP contribution in [-0.4, -0.2) is 5.11 Å². The van der Waals surface area contributed by atoms with Gasteiger partial charge in [0.05, 0.1) is 5.41 Å². The number of hydrogen-bond donors (Lipinski definition) is 1. The smallest absolute Gasteiger partial charge is 0.121 e. The molecule has 2 heteroatoms. The van der Waals surface area contributed by atoms with Gasteiger partial charge in [-0.15, -0.1) is 6.42 Å². The van der Waals surface area contributed by atoms with E-state index in [1.807, 2.05) is 13.8 Å². The Bertz CT molecular complexity index is 361. The molecule has 0 saturated heterocycles. The molecule has 0 spiro atoms. The molecule has 0 bridgehead atoms. The first-order chi connectivity index (χ1) is 5.97. The van der Waals surface area contributed by atoms with Crippen LogP contribution >= 0.6 is 11.6 Å². The standard InChI is InChI=1S/C11H11ClO/c1-4-11(2,3)9-6-5-8(12)7-10(9)13/h1,5-7,13H,2-3H3. The lowest BCUT2D eigenvalue weighted by Gasteiger charge is -2.19. The zero-order valence-electron chi connectivity index (χ0n) is 7.63. The number of hydrogen-bond acceptors (Lipinski definition) is 1. The van der Waals surface area contributed by atoms with Crippen molar-refractivity contribution < 1.29 is 5.11 Å². The molecular formula is C11H11ClO. The minimum atomic E-state index is -0.464. The van der Waals surface area contributed by atoms with E-state index in [1.54, 1.807) is 12.1 Å². The van der Waals surface area contributed by atoms with Crippen molar-refractivity contribution >= 4 is 11.6 Å². The fourth-order valence-electron chi connectivity index (χ4n) is 1.11. The monoisotopic (exact) mass is 194 g/mol. The number of rotatable bonds is 1. The third-order valence-corrected chi connectivity index (χ3v) is 2.23. The molecule has 13 heavy (non-hydrogen) atoms. The van der Waals surface area contributed by atoms with Crippen molar-refractivity contribution in [3.05, 3.63) is 28.8 Å². The summed E-state index contributed by atoms with van der Waals surface area (Å²) in [5, 5.41) is 10.1. The van der Waals surface area contributed by atoms with Crippen molar-refractivity contribution in [1.82, 2.24) is 0 Å². The Balaban J connectivity index is 3.26. The molecule has 1 nitrogen and oxygen atoms in total. The highest BCUT2D eigenvalue weighted by Gasteiger charge is 2.20. The van der Waals surface area contributed by atoms with Crippen molar-refractivity contribution in [3.63, 3.8) is 0 Å². The average molecular weight is 195 g/mol. The van der Waals surface area contributed by atoms with E-state index in [0.29, 0.717) is 5.02 Å². The molecule has 1 aromatic carbocycles. The molecule has 0 unspecified atom stereocenters. The third kappa shape index (κ3) is 1.96. The van der Waals surface area contributed by atoms with Gasteiger partial charge in [-0.1, -0.05) is 23.6 Å². The Hall–Kier alpha value is -1.13. The molecule has 0 atom stereocenters. The summed E-state index contributed by atoms with van der Waals surface area (Å²) in [5.74, 6) is 2.76. The number of halogens is 1. The molecular weight excluding hydrogens is 184 g/mol. The minimum absolute atomic E-state index is 0.149. The van der Waals surface area contributed by atoms with Crippen LogP contribution in [-0.2, 0) is 5.41 Å². The van der Waals surface area contributed by atoms with Crippen LogP contribution in [0.1, 0.15) is 19.4 Å². The zero-order valence-corrected chi connectivity index (χ0v) is 8.39. The third-order valence-electron chi connectivity index (χ3n) is 1.99. The zero-order chi connectivity index (χ0) is 10.1. The maximum Gasteiger partial charge on any atom is 0.121 e. The first-order valence-electron chi connectivity index (χ1n) is 3.94. The fourth-order valence-corrected chi connectivity index (χ4v) is 1.28. The van der Waals surface area contributed by atoms with E-state index in [9.17, 15) is 5.11 Å². The Morgan fingerprint density at radius 3 is 2.54 bits per heavy atom. The van der Waals surface area contributed by atoms with Gasteiger partial charge in [0.15, 0.2) is 0 Å². The molecule has 0 aliphatic heterocycles. The Labute approximate surface area is 83.4 Å². The van der Waals surface area contributed by atoms with Crippen molar-refractivity contribution in [2.75, 3.05) is 0 Å². The number of terminal acetylenes is 1. The summed E-state index contributed by atoms with van der Waals surface area (Å²) in [7, 11) is 0. The van der Waals surface area contributed by atoms with Gasteiger partial charge in [-0.3, -0.25) is 0 Å². The van der Waals surface area contributed by atoms with Gasteiger partial charge in [-0.25, -0.2) is 0 Å². The maximum absolute atomic E-state index is 9.58. The number of aromatic hydroxyl groups is 1. The van der Waals surface area contributed by atoms with Gasteiger partial charge < -0.3 is 5.11 Å². The molecule has 0 radical (unpaired) electrons. The second-order valence-electron chi connectivity index (χ2n) is 3.43. The highest BCUT2D eigenvalue weighted by atomic mass is 35.5. The quantitative estimate of drug-likeness (QED) is 0.682. The van der Waals surface area contributed by atoms with Crippen LogP contribution in [0.4, 0.5) is 0 Å². The van der Waals surface area contributed by atoms with Crippen molar-refractivity contribution in [2.24, 2.45) is 0 Å². The van der Waals surface area contributed by atoms with Gasteiger partial charge in [-0.05, 0) is 26.0 Å². The largest absolute Gasteiger partial charge is 0.508 e. The van der Waals surface area contributed by atoms with Crippen LogP contribution in [0.5, 0.6) is 5.75 Å². The van der Waals surface area contributed by atoms with E-state index in [4.69, 9.17) is 18.0 Å². The van der Waals surface area contributed by atoms with Crippen LogP contribution in [0.2, 0.25) is 5.02 Å². The highest BCUT2D eigenvalue weighted by molar-refractivity contribution is 6.30. The fraction of sp³-hybridized carbons (Fsp3) is 0.273. The molecule has 1 N–H and O–H groups in total. The van der Waals surface area contributed by atoms with Gasteiger partial charge in [0, 0.05) is 10.6 Å². The Morgan fingerprint density at radius 2 is 2.08 bits per heavy atom. The Kier molecular flexibility index (Phi) is 2.54. The van der Waals surface area contributed by atoms with Crippen LogP contribution in [0.3, 0.4) is 0 Å². The van der Waals surface area contributed by atoms with E-state index in [2.05, 4.69) is 5.92 Å². The lowest BCUT2D eigenvalue weighted by atomic mass is 9.85. The first kappa shape index (κ1) is 9.95. The highest BCUT2D eigenvalue weighted by Crippen LogP contribution is 2.32. The van der Waals surface area contributed by atoms with Crippen molar-refractivity contribution in [3.8, 4) is 18.1 Å². The van der Waals surface area contributed by atoms with Gasteiger partial charge in [0.25, 0.3) is 0 Å². The molecule has 0 amide bonds. The molecule has 0 heterocycles. The molecule has 1 aromatic rings. The Morgan fingerprint density at radius 1 is 1.46 bits per heavy atom. The second-order valence-corrected chi connectivity index (χ2v) is 3.87. The van der Waals surface area contributed by atoms with Gasteiger partial charge in [0.1, 0.15) is 5.75 Å². The summed E-state index contributed by atoms with van der Waals surface area (Å²) in [6, 6.07) is 4.96. The van der Waals surface area contributed by atoms with E-state index in [1.165, 1.54) is 6.07 Å². The van der Waals surface area contributed by atoms with E-state index in [0.717, 1.165) is 5.56 Å². The predicted molar refractivity (Wildman–Crippen MR) is 55.0 cm³/mol. The molecule has 0 aromatic heterocycles. The van der Waals surface area contributed by atoms with Crippen molar-refractivity contribution in [2.45, 2.75) is 19.3 Å². The minimum Gasteiger partial charge on any atom is -0.508 e. The van der Waals surface area contributed by atoms with Crippen LogP contribution in [0, 0.1) is 12.3 Å². The molecule has 0 saturated carbocycles. The van der Waals surface area contributed by atoms with Gasteiger partial charge >= 0.3 is 0 Å². The van der Waals surface area contributed by atoms with Crippen LogP contribution in [0.15, 0.2) is 18.2 Å². The van der Waals surface area contributed by atoms with Gasteiger partial charge in [-0.2, -0.15) is 0 Å². The second kappa shape index (κ2) is 3.32. The molecule has 0 aliphatic rings. The SMILES string of the molecule is C#CC(C)(C)c1ccc(Cl)cc1O. The molecule has 0 aliphatic carbocycles. The van der Waals surface area contributed by atoms with E-state index >= 15 is 0 Å². The lowest BCUT2D eigenvalue weighted by molar-refractivity contribution is 0.457.